The molecule has 0 atom stereocenters. The van der Waals surface area contributed by atoms with Crippen molar-refractivity contribution in [2.45, 2.75) is 33.2 Å². The highest BCUT2D eigenvalue weighted by atomic mass is 32.1. The molecule has 0 radical (unpaired) electrons. The number of non-ortho nitro benzene ring substituents is 1. The van der Waals surface area contributed by atoms with E-state index in [4.69, 9.17) is 5.11 Å². The number of aryl methyl sites for hydroxylation is 2. The van der Waals surface area contributed by atoms with Gasteiger partial charge in [0.1, 0.15) is 5.01 Å². The number of aromatic nitrogens is 1. The van der Waals surface area contributed by atoms with Gasteiger partial charge in [0.25, 0.3) is 11.6 Å². The summed E-state index contributed by atoms with van der Waals surface area (Å²) in [7, 11) is 0. The SMILES string of the molecule is Cc1nc(C(C)(C)NC(=O)c2cc(C(=O)O)cc([N+](=O)[O-])c2)sc1C. The van der Waals surface area contributed by atoms with Crippen LogP contribution in [0, 0.1) is 24.0 Å². The maximum absolute atomic E-state index is 12.5. The lowest BCUT2D eigenvalue weighted by molar-refractivity contribution is -0.384. The molecule has 2 aromatic rings. The molecule has 0 fully saturated rings. The van der Waals surface area contributed by atoms with Crippen molar-refractivity contribution in [1.82, 2.24) is 10.3 Å². The van der Waals surface area contributed by atoms with Crippen molar-refractivity contribution in [3.05, 3.63) is 55.0 Å². The van der Waals surface area contributed by atoms with E-state index in [0.29, 0.717) is 5.01 Å². The second-order valence-corrected chi connectivity index (χ2v) is 7.27. The topological polar surface area (TPSA) is 122 Å². The van der Waals surface area contributed by atoms with E-state index in [2.05, 4.69) is 10.3 Å². The zero-order valence-corrected chi connectivity index (χ0v) is 14.9. The van der Waals surface area contributed by atoms with Crippen LogP contribution in [0.15, 0.2) is 18.2 Å². The van der Waals surface area contributed by atoms with Crippen LogP contribution in [0.1, 0.15) is 50.1 Å². The first-order valence-corrected chi connectivity index (χ1v) is 8.12. The van der Waals surface area contributed by atoms with E-state index in [0.717, 1.165) is 28.8 Å². The number of nitrogens with one attached hydrogen (secondary N) is 1. The van der Waals surface area contributed by atoms with Crippen molar-refractivity contribution in [3.8, 4) is 0 Å². The molecule has 8 nitrogen and oxygen atoms in total. The third-order valence-corrected chi connectivity index (χ3v) is 5.02. The third kappa shape index (κ3) is 4.00. The molecule has 0 bridgehead atoms. The summed E-state index contributed by atoms with van der Waals surface area (Å²) in [6, 6.07) is 3.08. The number of nitro groups is 1. The van der Waals surface area contributed by atoms with Gasteiger partial charge < -0.3 is 10.4 Å². The first-order valence-electron chi connectivity index (χ1n) is 7.31. The minimum absolute atomic E-state index is 0.0929. The fourth-order valence-corrected chi connectivity index (χ4v) is 3.09. The molecule has 0 aliphatic rings. The van der Waals surface area contributed by atoms with Crippen LogP contribution in [0.2, 0.25) is 0 Å². The molecule has 9 heteroatoms. The zero-order chi connectivity index (χ0) is 18.9. The van der Waals surface area contributed by atoms with Crippen molar-refractivity contribution < 1.29 is 19.6 Å². The number of nitro benzene ring substituents is 1. The molecule has 132 valence electrons. The second kappa shape index (κ2) is 6.60. The van der Waals surface area contributed by atoms with E-state index in [9.17, 15) is 19.7 Å². The summed E-state index contributed by atoms with van der Waals surface area (Å²) in [6.07, 6.45) is 0. The first kappa shape index (κ1) is 18.5. The van der Waals surface area contributed by atoms with Crippen LogP contribution in [0.3, 0.4) is 0 Å². The maximum atomic E-state index is 12.5. The van der Waals surface area contributed by atoms with E-state index in [1.54, 1.807) is 13.8 Å². The monoisotopic (exact) mass is 363 g/mol. The van der Waals surface area contributed by atoms with Gasteiger partial charge in [-0.2, -0.15) is 0 Å². The number of carboxylic acid groups (broad SMARTS) is 1. The summed E-state index contributed by atoms with van der Waals surface area (Å²) in [4.78, 5) is 39.3. The number of amides is 1. The minimum Gasteiger partial charge on any atom is -0.478 e. The van der Waals surface area contributed by atoms with Gasteiger partial charge in [-0.05, 0) is 33.8 Å². The molecular formula is C16H17N3O5S. The van der Waals surface area contributed by atoms with Gasteiger partial charge in [-0.3, -0.25) is 14.9 Å². The Hall–Kier alpha value is -2.81. The molecule has 0 aliphatic heterocycles. The quantitative estimate of drug-likeness (QED) is 0.622. The van der Waals surface area contributed by atoms with Crippen LogP contribution in [-0.4, -0.2) is 26.9 Å². The molecule has 0 saturated carbocycles. The summed E-state index contributed by atoms with van der Waals surface area (Å²) < 4.78 is 0. The molecule has 0 saturated heterocycles. The lowest BCUT2D eigenvalue weighted by atomic mass is 10.0. The highest BCUT2D eigenvalue weighted by molar-refractivity contribution is 7.11. The molecule has 0 aliphatic carbocycles. The van der Waals surface area contributed by atoms with Gasteiger partial charge in [-0.25, -0.2) is 9.78 Å². The molecule has 25 heavy (non-hydrogen) atoms. The predicted octanol–water partition coefficient (Wildman–Crippen LogP) is 3.03. The Kier molecular flexibility index (Phi) is 4.89. The van der Waals surface area contributed by atoms with Crippen molar-refractivity contribution in [3.63, 3.8) is 0 Å². The van der Waals surface area contributed by atoms with E-state index in [1.807, 2.05) is 13.8 Å². The largest absolute Gasteiger partial charge is 0.478 e. The number of benzene rings is 1. The molecule has 1 aromatic carbocycles. The van der Waals surface area contributed by atoms with E-state index >= 15 is 0 Å². The van der Waals surface area contributed by atoms with Crippen LogP contribution in [0.25, 0.3) is 0 Å². The Bertz CT molecular complexity index is 821. The Morgan fingerprint density at radius 1 is 1.24 bits per heavy atom. The summed E-state index contributed by atoms with van der Waals surface area (Å²) >= 11 is 1.45. The van der Waals surface area contributed by atoms with E-state index in [1.165, 1.54) is 11.3 Å². The predicted molar refractivity (Wildman–Crippen MR) is 92.1 cm³/mol. The summed E-state index contributed by atoms with van der Waals surface area (Å²) in [5, 5.41) is 23.5. The lowest BCUT2D eigenvalue weighted by Gasteiger charge is -2.24. The van der Waals surface area contributed by atoms with Gasteiger partial charge in [0.2, 0.25) is 0 Å². The molecule has 1 amide bonds. The van der Waals surface area contributed by atoms with Gasteiger partial charge in [-0.15, -0.1) is 11.3 Å². The van der Waals surface area contributed by atoms with E-state index in [-0.39, 0.29) is 11.1 Å². The van der Waals surface area contributed by atoms with Crippen LogP contribution in [-0.2, 0) is 5.54 Å². The minimum atomic E-state index is -1.34. The van der Waals surface area contributed by atoms with Gasteiger partial charge in [0.05, 0.1) is 21.7 Å². The number of hydrogen-bond acceptors (Lipinski definition) is 6. The molecule has 0 spiro atoms. The normalized spacial score (nSPS) is 11.2. The van der Waals surface area contributed by atoms with Crippen LogP contribution >= 0.6 is 11.3 Å². The number of carbonyl (C=O) groups excluding carboxylic acids is 1. The molecule has 1 aromatic heterocycles. The van der Waals surface area contributed by atoms with Crippen molar-refractivity contribution in [1.29, 1.82) is 0 Å². The maximum Gasteiger partial charge on any atom is 0.335 e. The first-order chi connectivity index (χ1) is 11.5. The highest BCUT2D eigenvalue weighted by Crippen LogP contribution is 2.28. The van der Waals surface area contributed by atoms with Gasteiger partial charge >= 0.3 is 5.97 Å². The average molecular weight is 363 g/mol. The number of thiazole rings is 1. The summed E-state index contributed by atoms with van der Waals surface area (Å²) in [5.74, 6) is -1.95. The lowest BCUT2D eigenvalue weighted by Crippen LogP contribution is -2.41. The van der Waals surface area contributed by atoms with Crippen molar-refractivity contribution in [2.24, 2.45) is 0 Å². The molecule has 0 unspecified atom stereocenters. The molecule has 1 heterocycles. The van der Waals surface area contributed by atoms with Gasteiger partial charge in [-0.1, -0.05) is 0 Å². The average Bonchev–Trinajstić information content (AvgIpc) is 2.86. The standard InChI is InChI=1S/C16H17N3O5S/c1-8-9(2)25-15(17-8)16(3,4)18-13(20)10-5-11(14(21)22)7-12(6-10)19(23)24/h5-7H,1-4H3,(H,18,20)(H,21,22). The van der Waals surface area contributed by atoms with Crippen LogP contribution in [0.4, 0.5) is 5.69 Å². The third-order valence-electron chi connectivity index (χ3n) is 3.63. The molecule has 2 N–H and O–H groups in total. The fraction of sp³-hybridized carbons (Fsp3) is 0.312. The number of aromatic carboxylic acids is 1. The van der Waals surface area contributed by atoms with Crippen molar-refractivity contribution >= 4 is 28.9 Å². The fourth-order valence-electron chi connectivity index (χ4n) is 2.12. The Balaban J connectivity index is 2.36. The van der Waals surface area contributed by atoms with Crippen LogP contribution < -0.4 is 5.32 Å². The second-order valence-electron chi connectivity index (χ2n) is 6.07. The van der Waals surface area contributed by atoms with Crippen LogP contribution in [0.5, 0.6) is 0 Å². The Morgan fingerprint density at radius 3 is 2.32 bits per heavy atom. The Labute approximate surface area is 147 Å². The number of hydrogen-bond donors (Lipinski definition) is 2. The highest BCUT2D eigenvalue weighted by Gasteiger charge is 2.28. The van der Waals surface area contributed by atoms with E-state index < -0.39 is 28.0 Å². The number of carbonyl (C=O) groups is 2. The van der Waals surface area contributed by atoms with Gasteiger partial charge in [0, 0.05) is 22.6 Å². The van der Waals surface area contributed by atoms with Crippen molar-refractivity contribution in [2.75, 3.05) is 0 Å². The number of nitrogens with zero attached hydrogens (tertiary/aromatic N) is 2. The zero-order valence-electron chi connectivity index (χ0n) is 14.1. The number of carboxylic acids is 1. The summed E-state index contributed by atoms with van der Waals surface area (Å²) in [6.45, 7) is 7.32. The Morgan fingerprint density at radius 2 is 1.84 bits per heavy atom. The molecule has 2 rings (SSSR count). The number of rotatable bonds is 5. The summed E-state index contributed by atoms with van der Waals surface area (Å²) in [5.41, 5.74) is -0.813. The smallest absolute Gasteiger partial charge is 0.335 e. The molecular weight excluding hydrogens is 346 g/mol. The van der Waals surface area contributed by atoms with Gasteiger partial charge in [0.15, 0.2) is 0 Å².